The zero-order valence-corrected chi connectivity index (χ0v) is 6.13. The number of nitriles is 1. The summed E-state index contributed by atoms with van der Waals surface area (Å²) in [5, 5.41) is 8.17. The van der Waals surface area contributed by atoms with E-state index in [2.05, 4.69) is 0 Å². The molecule has 0 N–H and O–H groups in total. The van der Waals surface area contributed by atoms with E-state index in [4.69, 9.17) is 14.7 Å². The highest BCUT2D eigenvalue weighted by atomic mass is 32.2. The Morgan fingerprint density at radius 2 is 2.20 bits per heavy atom. The van der Waals surface area contributed by atoms with Gasteiger partial charge in [-0.3, -0.25) is 0 Å². The van der Waals surface area contributed by atoms with Crippen LogP contribution in [0.5, 0.6) is 0 Å². The van der Waals surface area contributed by atoms with E-state index < -0.39 is 0 Å². The third kappa shape index (κ3) is 2.19. The van der Waals surface area contributed by atoms with Crippen molar-refractivity contribution in [2.24, 2.45) is 0 Å². The van der Waals surface area contributed by atoms with Crippen LogP contribution in [0.3, 0.4) is 0 Å². The molecule has 0 amide bonds. The van der Waals surface area contributed by atoms with E-state index in [1.165, 1.54) is 24.3 Å². The Bertz CT molecular complexity index is 156. The summed E-state index contributed by atoms with van der Waals surface area (Å²) in [6.45, 7) is 0. The van der Waals surface area contributed by atoms with Gasteiger partial charge in [0.2, 0.25) is 6.29 Å². The van der Waals surface area contributed by atoms with Crippen LogP contribution in [0.15, 0.2) is 12.5 Å². The van der Waals surface area contributed by atoms with Crippen molar-refractivity contribution in [2.75, 3.05) is 11.5 Å². The van der Waals surface area contributed by atoms with Crippen molar-refractivity contribution < 1.29 is 9.47 Å². The maximum atomic E-state index is 8.17. The zero-order valence-electron chi connectivity index (χ0n) is 5.32. The standard InChI is InChI=1S/C6H7NO2S/c7-1-4-10-5-6-8-2-3-9-6/h2-3,6H,4-5H2. The molecule has 0 aromatic rings. The van der Waals surface area contributed by atoms with E-state index in [-0.39, 0.29) is 6.29 Å². The lowest BCUT2D eigenvalue weighted by Gasteiger charge is -2.06. The first kappa shape index (κ1) is 7.29. The van der Waals surface area contributed by atoms with Gasteiger partial charge in [0.25, 0.3) is 0 Å². The minimum Gasteiger partial charge on any atom is -0.458 e. The van der Waals surface area contributed by atoms with Crippen LogP contribution in [0.25, 0.3) is 0 Å². The summed E-state index contributed by atoms with van der Waals surface area (Å²) in [6, 6.07) is 2.02. The smallest absolute Gasteiger partial charge is 0.248 e. The first-order valence-electron chi connectivity index (χ1n) is 2.84. The molecule has 1 aliphatic heterocycles. The van der Waals surface area contributed by atoms with Crippen LogP contribution >= 0.6 is 11.8 Å². The monoisotopic (exact) mass is 157 g/mol. The van der Waals surface area contributed by atoms with Crippen LogP contribution in [-0.2, 0) is 9.47 Å². The van der Waals surface area contributed by atoms with Crippen molar-refractivity contribution in [3.8, 4) is 6.07 Å². The molecule has 1 heterocycles. The summed E-state index contributed by atoms with van der Waals surface area (Å²) in [5.74, 6) is 1.20. The molecule has 1 rings (SSSR count). The minimum atomic E-state index is -0.182. The van der Waals surface area contributed by atoms with Gasteiger partial charge in [-0.05, 0) is 0 Å². The summed E-state index contributed by atoms with van der Waals surface area (Å²) in [4.78, 5) is 0. The molecule has 10 heavy (non-hydrogen) atoms. The predicted octanol–water partition coefficient (Wildman–Crippen LogP) is 1.09. The summed E-state index contributed by atoms with van der Waals surface area (Å²) in [6.07, 6.45) is 2.84. The van der Waals surface area contributed by atoms with Gasteiger partial charge in [-0.2, -0.15) is 5.26 Å². The van der Waals surface area contributed by atoms with Gasteiger partial charge < -0.3 is 9.47 Å². The van der Waals surface area contributed by atoms with Crippen molar-refractivity contribution in [3.05, 3.63) is 12.5 Å². The van der Waals surface area contributed by atoms with Gasteiger partial charge >= 0.3 is 0 Å². The molecule has 0 radical (unpaired) electrons. The molecule has 3 nitrogen and oxygen atoms in total. The maximum Gasteiger partial charge on any atom is 0.248 e. The van der Waals surface area contributed by atoms with Crippen LogP contribution < -0.4 is 0 Å². The van der Waals surface area contributed by atoms with Crippen LogP contribution in [0.1, 0.15) is 0 Å². The molecule has 0 saturated heterocycles. The average Bonchev–Trinajstić information content (AvgIpc) is 2.41. The molecule has 0 saturated carbocycles. The molecule has 0 aromatic heterocycles. The van der Waals surface area contributed by atoms with Crippen LogP contribution in [-0.4, -0.2) is 17.8 Å². The Hall–Kier alpha value is -0.820. The second-order valence-corrected chi connectivity index (χ2v) is 2.68. The Balaban J connectivity index is 1.99. The second kappa shape index (κ2) is 4.07. The third-order valence-corrected chi connectivity index (χ3v) is 1.78. The molecule has 4 heteroatoms. The lowest BCUT2D eigenvalue weighted by atomic mass is 10.8. The fraction of sp³-hybridized carbons (Fsp3) is 0.500. The lowest BCUT2D eigenvalue weighted by Crippen LogP contribution is -2.10. The number of nitrogens with zero attached hydrogens (tertiary/aromatic N) is 1. The van der Waals surface area contributed by atoms with E-state index in [9.17, 15) is 0 Å². The fourth-order valence-corrected chi connectivity index (χ4v) is 1.11. The summed E-state index contributed by atoms with van der Waals surface area (Å²) in [7, 11) is 0. The van der Waals surface area contributed by atoms with E-state index in [0.29, 0.717) is 11.5 Å². The highest BCUT2D eigenvalue weighted by Crippen LogP contribution is 2.11. The molecular weight excluding hydrogens is 150 g/mol. The van der Waals surface area contributed by atoms with Crippen molar-refractivity contribution in [1.29, 1.82) is 5.26 Å². The van der Waals surface area contributed by atoms with E-state index >= 15 is 0 Å². The third-order valence-electron chi connectivity index (χ3n) is 0.937. The summed E-state index contributed by atoms with van der Waals surface area (Å²) >= 11 is 1.50. The topological polar surface area (TPSA) is 42.2 Å². The van der Waals surface area contributed by atoms with Gasteiger partial charge in [-0.1, -0.05) is 0 Å². The Morgan fingerprint density at radius 3 is 2.80 bits per heavy atom. The summed E-state index contributed by atoms with van der Waals surface area (Å²) in [5.41, 5.74) is 0. The number of ether oxygens (including phenoxy) is 2. The highest BCUT2D eigenvalue weighted by Gasteiger charge is 2.10. The van der Waals surface area contributed by atoms with Crippen molar-refractivity contribution in [3.63, 3.8) is 0 Å². The molecular formula is C6H7NO2S. The first-order valence-corrected chi connectivity index (χ1v) is 3.99. The van der Waals surface area contributed by atoms with Crippen molar-refractivity contribution in [2.45, 2.75) is 6.29 Å². The SMILES string of the molecule is N#CCSCC1OC=CO1. The number of rotatable bonds is 3. The van der Waals surface area contributed by atoms with Crippen LogP contribution in [0, 0.1) is 11.3 Å². The Labute approximate surface area is 63.6 Å². The maximum absolute atomic E-state index is 8.17. The van der Waals surface area contributed by atoms with Crippen LogP contribution in [0.4, 0.5) is 0 Å². The van der Waals surface area contributed by atoms with E-state index in [0.717, 1.165) is 0 Å². The molecule has 1 aliphatic rings. The van der Waals surface area contributed by atoms with Gasteiger partial charge in [0.05, 0.1) is 17.6 Å². The molecule has 54 valence electrons. The lowest BCUT2D eigenvalue weighted by molar-refractivity contribution is -0.00148. The number of hydrogen-bond acceptors (Lipinski definition) is 4. The fourth-order valence-electron chi connectivity index (χ4n) is 0.551. The predicted molar refractivity (Wildman–Crippen MR) is 38.0 cm³/mol. The second-order valence-electron chi connectivity index (χ2n) is 1.65. The minimum absolute atomic E-state index is 0.182. The molecule has 0 fully saturated rings. The Kier molecular flexibility index (Phi) is 2.97. The van der Waals surface area contributed by atoms with Gasteiger partial charge in [0.15, 0.2) is 0 Å². The number of hydrogen-bond donors (Lipinski definition) is 0. The van der Waals surface area contributed by atoms with Gasteiger partial charge in [-0.15, -0.1) is 11.8 Å². The van der Waals surface area contributed by atoms with Crippen LogP contribution in [0.2, 0.25) is 0 Å². The largest absolute Gasteiger partial charge is 0.458 e. The quantitative estimate of drug-likeness (QED) is 0.575. The van der Waals surface area contributed by atoms with Crippen molar-refractivity contribution >= 4 is 11.8 Å². The highest BCUT2D eigenvalue weighted by molar-refractivity contribution is 7.99. The van der Waals surface area contributed by atoms with E-state index in [1.54, 1.807) is 0 Å². The Morgan fingerprint density at radius 1 is 1.50 bits per heavy atom. The van der Waals surface area contributed by atoms with E-state index in [1.807, 2.05) is 6.07 Å². The average molecular weight is 157 g/mol. The molecule has 0 unspecified atom stereocenters. The molecule has 0 spiro atoms. The van der Waals surface area contributed by atoms with Gasteiger partial charge in [0, 0.05) is 0 Å². The number of thioether (sulfide) groups is 1. The summed E-state index contributed by atoms with van der Waals surface area (Å²) < 4.78 is 9.93. The van der Waals surface area contributed by atoms with Gasteiger partial charge in [-0.25, -0.2) is 0 Å². The van der Waals surface area contributed by atoms with Crippen molar-refractivity contribution in [1.82, 2.24) is 0 Å². The molecule has 0 atom stereocenters. The van der Waals surface area contributed by atoms with Gasteiger partial charge in [0.1, 0.15) is 12.5 Å². The molecule has 0 aliphatic carbocycles. The normalized spacial score (nSPS) is 15.9. The first-order chi connectivity index (χ1) is 4.93. The zero-order chi connectivity index (χ0) is 7.23. The molecule has 0 aromatic carbocycles. The molecule has 0 bridgehead atoms.